The summed E-state index contributed by atoms with van der Waals surface area (Å²) < 4.78 is 51.3. The van der Waals surface area contributed by atoms with Gasteiger partial charge in [0.2, 0.25) is 0 Å². The second kappa shape index (κ2) is 3.26. The lowest BCUT2D eigenvalue weighted by atomic mass is 10.0. The van der Waals surface area contributed by atoms with Gasteiger partial charge >= 0.3 is 11.8 Å². The molecule has 0 aromatic heterocycles. The summed E-state index contributed by atoms with van der Waals surface area (Å²) in [6, 6.07) is 4.99. The molecule has 78 valence electrons. The van der Waals surface area contributed by atoms with E-state index in [0.717, 1.165) is 12.1 Å². The van der Waals surface area contributed by atoms with Crippen LogP contribution in [0.1, 0.15) is 18.1 Å². The smallest absolute Gasteiger partial charge is 0.200 e. The molecular weight excluding hydrogens is 196 g/mol. The van der Waals surface area contributed by atoms with Crippen LogP contribution in [0.25, 0.3) is 0 Å². The molecule has 0 bridgehead atoms. The average Bonchev–Trinajstić information content (AvgIpc) is 2.02. The molecule has 0 amide bonds. The Morgan fingerprint density at radius 3 is 2.07 bits per heavy atom. The van der Waals surface area contributed by atoms with Crippen LogP contribution in [0.2, 0.25) is 0 Å². The number of rotatable bonds is 2. The van der Waals surface area contributed by atoms with E-state index in [0.29, 0.717) is 5.56 Å². The lowest BCUT2D eigenvalue weighted by molar-refractivity contribution is -0.204. The molecule has 1 aromatic rings. The molecule has 14 heavy (non-hydrogen) atoms. The van der Waals surface area contributed by atoms with Crippen LogP contribution in [0.5, 0.6) is 0 Å². The van der Waals surface area contributed by atoms with E-state index < -0.39 is 17.4 Å². The quantitative estimate of drug-likeness (QED) is 0.646. The largest absolute Gasteiger partial charge is 0.335 e. The first-order chi connectivity index (χ1) is 6.25. The van der Waals surface area contributed by atoms with Crippen LogP contribution in [-0.4, -0.2) is 5.92 Å². The Labute approximate surface area is 79.6 Å². The summed E-state index contributed by atoms with van der Waals surface area (Å²) >= 11 is 0. The standard InChI is InChI=1S/C10H10F4/c1-7-4-3-5-8(6-7)10(13,14)9(2,11)12/h3-6H,1-2H3. The fourth-order valence-corrected chi connectivity index (χ4v) is 1.09. The van der Waals surface area contributed by atoms with E-state index in [4.69, 9.17) is 0 Å². The van der Waals surface area contributed by atoms with Crippen molar-refractivity contribution in [1.82, 2.24) is 0 Å². The summed E-state index contributed by atoms with van der Waals surface area (Å²) in [7, 11) is 0. The maximum Gasteiger partial charge on any atom is 0.335 e. The summed E-state index contributed by atoms with van der Waals surface area (Å²) in [6.45, 7) is 1.79. The molecule has 0 heterocycles. The highest BCUT2D eigenvalue weighted by molar-refractivity contribution is 5.27. The number of hydrogen-bond acceptors (Lipinski definition) is 0. The Bertz CT molecular complexity index is 325. The topological polar surface area (TPSA) is 0 Å². The van der Waals surface area contributed by atoms with Gasteiger partial charge in [-0.25, -0.2) is 0 Å². The molecule has 0 saturated carbocycles. The Morgan fingerprint density at radius 2 is 1.64 bits per heavy atom. The molecule has 1 aromatic carbocycles. The summed E-state index contributed by atoms with van der Waals surface area (Å²) in [4.78, 5) is 0. The molecule has 4 heteroatoms. The van der Waals surface area contributed by atoms with E-state index in [1.54, 1.807) is 13.0 Å². The molecule has 1 rings (SSSR count). The van der Waals surface area contributed by atoms with Gasteiger partial charge in [-0.15, -0.1) is 0 Å². The Hall–Kier alpha value is -1.06. The fourth-order valence-electron chi connectivity index (χ4n) is 1.09. The van der Waals surface area contributed by atoms with Crippen LogP contribution >= 0.6 is 0 Å². The summed E-state index contributed by atoms with van der Waals surface area (Å²) in [5.41, 5.74) is -0.114. The van der Waals surface area contributed by atoms with Crippen LogP contribution in [0.4, 0.5) is 17.6 Å². The molecule has 0 radical (unpaired) electrons. The van der Waals surface area contributed by atoms with Gasteiger partial charge in [0.25, 0.3) is 0 Å². The van der Waals surface area contributed by atoms with Crippen molar-refractivity contribution in [3.05, 3.63) is 35.4 Å². The van der Waals surface area contributed by atoms with Crippen molar-refractivity contribution in [2.24, 2.45) is 0 Å². The summed E-state index contributed by atoms with van der Waals surface area (Å²) in [6.07, 6.45) is 0. The van der Waals surface area contributed by atoms with Crippen molar-refractivity contribution in [3.63, 3.8) is 0 Å². The first kappa shape index (κ1) is 11.0. The summed E-state index contributed by atoms with van der Waals surface area (Å²) in [5.74, 6) is -8.15. The van der Waals surface area contributed by atoms with E-state index in [2.05, 4.69) is 0 Å². The van der Waals surface area contributed by atoms with Gasteiger partial charge in [0.15, 0.2) is 0 Å². The SMILES string of the molecule is Cc1cccc(C(F)(F)C(C)(F)F)c1. The zero-order valence-electron chi connectivity index (χ0n) is 7.82. The maximum absolute atomic E-state index is 13.1. The minimum Gasteiger partial charge on any atom is -0.200 e. The Kier molecular flexibility index (Phi) is 2.56. The van der Waals surface area contributed by atoms with E-state index in [1.807, 2.05) is 0 Å². The predicted molar refractivity (Wildman–Crippen MR) is 45.7 cm³/mol. The Balaban J connectivity index is 3.16. The van der Waals surface area contributed by atoms with Crippen molar-refractivity contribution in [1.29, 1.82) is 0 Å². The highest BCUT2D eigenvalue weighted by atomic mass is 19.3. The van der Waals surface area contributed by atoms with Crippen molar-refractivity contribution in [2.45, 2.75) is 25.7 Å². The number of aryl methyl sites for hydroxylation is 1. The number of alkyl halides is 4. The molecular formula is C10H10F4. The van der Waals surface area contributed by atoms with E-state index in [9.17, 15) is 17.6 Å². The van der Waals surface area contributed by atoms with E-state index in [-0.39, 0.29) is 6.92 Å². The van der Waals surface area contributed by atoms with Crippen LogP contribution in [0.3, 0.4) is 0 Å². The second-order valence-electron chi connectivity index (χ2n) is 3.33. The fraction of sp³-hybridized carbons (Fsp3) is 0.400. The van der Waals surface area contributed by atoms with Crippen LogP contribution in [0, 0.1) is 6.92 Å². The van der Waals surface area contributed by atoms with Gasteiger partial charge in [0.05, 0.1) is 0 Å². The molecule has 0 N–H and O–H groups in total. The third-order valence-corrected chi connectivity index (χ3v) is 1.93. The molecule has 0 spiro atoms. The van der Waals surface area contributed by atoms with Crippen molar-refractivity contribution in [2.75, 3.05) is 0 Å². The molecule has 0 unspecified atom stereocenters. The van der Waals surface area contributed by atoms with Crippen molar-refractivity contribution >= 4 is 0 Å². The highest BCUT2D eigenvalue weighted by Gasteiger charge is 2.53. The van der Waals surface area contributed by atoms with E-state index >= 15 is 0 Å². The van der Waals surface area contributed by atoms with Gasteiger partial charge in [-0.2, -0.15) is 17.6 Å². The molecule has 0 fully saturated rings. The molecule has 0 nitrogen and oxygen atoms in total. The van der Waals surface area contributed by atoms with Gasteiger partial charge in [-0.05, 0) is 13.0 Å². The van der Waals surface area contributed by atoms with Crippen molar-refractivity contribution < 1.29 is 17.6 Å². The minimum atomic E-state index is -4.11. The van der Waals surface area contributed by atoms with Gasteiger partial charge < -0.3 is 0 Å². The van der Waals surface area contributed by atoms with Crippen LogP contribution in [-0.2, 0) is 5.92 Å². The summed E-state index contributed by atoms with van der Waals surface area (Å²) in [5, 5.41) is 0. The predicted octanol–water partition coefficient (Wildman–Crippen LogP) is 3.74. The monoisotopic (exact) mass is 206 g/mol. The van der Waals surface area contributed by atoms with Crippen LogP contribution < -0.4 is 0 Å². The van der Waals surface area contributed by atoms with Crippen molar-refractivity contribution in [3.8, 4) is 0 Å². The Morgan fingerprint density at radius 1 is 1.07 bits per heavy atom. The van der Waals surface area contributed by atoms with Gasteiger partial charge in [-0.1, -0.05) is 23.8 Å². The zero-order valence-corrected chi connectivity index (χ0v) is 7.82. The number of benzene rings is 1. The zero-order chi connectivity index (χ0) is 11.0. The highest BCUT2D eigenvalue weighted by Crippen LogP contribution is 2.42. The lowest BCUT2D eigenvalue weighted by Gasteiger charge is -2.23. The molecule has 0 aliphatic carbocycles. The lowest BCUT2D eigenvalue weighted by Crippen LogP contribution is -2.34. The molecule has 0 aliphatic heterocycles. The second-order valence-corrected chi connectivity index (χ2v) is 3.33. The normalized spacial score (nSPS) is 13.0. The van der Waals surface area contributed by atoms with Crippen LogP contribution in [0.15, 0.2) is 24.3 Å². The number of hydrogen-bond donors (Lipinski definition) is 0. The minimum absolute atomic E-state index is 0.218. The maximum atomic E-state index is 13.1. The third kappa shape index (κ3) is 1.89. The molecule has 0 atom stereocenters. The van der Waals surface area contributed by atoms with Gasteiger partial charge in [0, 0.05) is 12.5 Å². The van der Waals surface area contributed by atoms with Gasteiger partial charge in [0.1, 0.15) is 0 Å². The van der Waals surface area contributed by atoms with Gasteiger partial charge in [-0.3, -0.25) is 0 Å². The first-order valence-electron chi connectivity index (χ1n) is 4.08. The third-order valence-electron chi connectivity index (χ3n) is 1.93. The molecule has 0 saturated heterocycles. The number of halogens is 4. The van der Waals surface area contributed by atoms with E-state index in [1.165, 1.54) is 6.07 Å². The first-order valence-corrected chi connectivity index (χ1v) is 4.08. The molecule has 0 aliphatic rings. The average molecular weight is 206 g/mol.